The van der Waals surface area contributed by atoms with Gasteiger partial charge in [-0.15, -0.1) is 0 Å². The van der Waals surface area contributed by atoms with E-state index in [1.807, 2.05) is 31.2 Å². The molecule has 10 heteroatoms. The van der Waals surface area contributed by atoms with E-state index in [-0.39, 0.29) is 29.9 Å². The van der Waals surface area contributed by atoms with Gasteiger partial charge in [0.05, 0.1) is 23.1 Å². The van der Waals surface area contributed by atoms with E-state index >= 15 is 0 Å². The van der Waals surface area contributed by atoms with E-state index in [0.717, 1.165) is 11.3 Å². The van der Waals surface area contributed by atoms with Crippen LogP contribution in [0.2, 0.25) is 0 Å². The minimum atomic E-state index is -3.82. The first kappa shape index (κ1) is 23.1. The van der Waals surface area contributed by atoms with Gasteiger partial charge < -0.3 is 20.1 Å². The SMILES string of the molecule is CCOc1ccc(CNC(=O)C2CCCN(S(=O)(=O)c3ccc4c(c3)NC(=O)CO4)C2)cc1. The number of carbonyl (C=O) groups is 2. The molecular weight excluding hydrogens is 446 g/mol. The van der Waals surface area contributed by atoms with Crippen molar-refractivity contribution in [3.8, 4) is 11.5 Å². The van der Waals surface area contributed by atoms with Crippen LogP contribution in [0.25, 0.3) is 0 Å². The largest absolute Gasteiger partial charge is 0.494 e. The molecule has 176 valence electrons. The van der Waals surface area contributed by atoms with Crippen molar-refractivity contribution < 1.29 is 27.5 Å². The lowest BCUT2D eigenvalue weighted by molar-refractivity contribution is -0.126. The molecule has 0 aromatic heterocycles. The van der Waals surface area contributed by atoms with Crippen LogP contribution in [0, 0.1) is 5.92 Å². The van der Waals surface area contributed by atoms with Gasteiger partial charge in [0.15, 0.2) is 6.61 Å². The zero-order chi connectivity index (χ0) is 23.4. The van der Waals surface area contributed by atoms with E-state index in [2.05, 4.69) is 10.6 Å². The van der Waals surface area contributed by atoms with Crippen molar-refractivity contribution in [1.29, 1.82) is 0 Å². The highest BCUT2D eigenvalue weighted by atomic mass is 32.2. The Morgan fingerprint density at radius 1 is 1.24 bits per heavy atom. The van der Waals surface area contributed by atoms with Gasteiger partial charge in [0, 0.05) is 19.6 Å². The van der Waals surface area contributed by atoms with Crippen LogP contribution < -0.4 is 20.1 Å². The Balaban J connectivity index is 1.39. The average Bonchev–Trinajstić information content (AvgIpc) is 2.83. The van der Waals surface area contributed by atoms with E-state index in [0.29, 0.717) is 44.0 Å². The van der Waals surface area contributed by atoms with Crippen molar-refractivity contribution in [3.05, 3.63) is 48.0 Å². The van der Waals surface area contributed by atoms with Gasteiger partial charge in [-0.1, -0.05) is 12.1 Å². The Kier molecular flexibility index (Phi) is 6.85. The second-order valence-electron chi connectivity index (χ2n) is 7.99. The highest BCUT2D eigenvalue weighted by Gasteiger charge is 2.34. The number of hydrogen-bond donors (Lipinski definition) is 2. The summed E-state index contributed by atoms with van der Waals surface area (Å²) in [6, 6.07) is 11.9. The average molecular weight is 474 g/mol. The predicted octanol–water partition coefficient (Wildman–Crippen LogP) is 2.13. The molecule has 0 radical (unpaired) electrons. The fourth-order valence-electron chi connectivity index (χ4n) is 3.95. The quantitative estimate of drug-likeness (QED) is 0.637. The van der Waals surface area contributed by atoms with Crippen molar-refractivity contribution >= 4 is 27.5 Å². The molecule has 0 spiro atoms. The maximum Gasteiger partial charge on any atom is 0.262 e. The summed E-state index contributed by atoms with van der Waals surface area (Å²) in [6.45, 7) is 3.21. The number of carbonyl (C=O) groups excluding carboxylic acids is 2. The first-order valence-electron chi connectivity index (χ1n) is 10.9. The van der Waals surface area contributed by atoms with Crippen LogP contribution >= 0.6 is 0 Å². The van der Waals surface area contributed by atoms with Crippen molar-refractivity contribution in [2.75, 3.05) is 31.6 Å². The number of fused-ring (bicyclic) bond motifs is 1. The minimum absolute atomic E-state index is 0.0579. The van der Waals surface area contributed by atoms with E-state index in [9.17, 15) is 18.0 Å². The molecule has 2 aromatic rings. The molecule has 9 nitrogen and oxygen atoms in total. The van der Waals surface area contributed by atoms with Crippen LogP contribution in [-0.4, -0.2) is 50.8 Å². The van der Waals surface area contributed by atoms with Crippen LogP contribution in [0.15, 0.2) is 47.4 Å². The number of hydrogen-bond acceptors (Lipinski definition) is 6. The maximum atomic E-state index is 13.2. The third-order valence-electron chi connectivity index (χ3n) is 5.68. The van der Waals surface area contributed by atoms with Gasteiger partial charge in [0.25, 0.3) is 5.91 Å². The number of sulfonamides is 1. The number of ether oxygens (including phenoxy) is 2. The monoisotopic (exact) mass is 473 g/mol. The predicted molar refractivity (Wildman–Crippen MR) is 122 cm³/mol. The molecular formula is C23H27N3O6S. The van der Waals surface area contributed by atoms with Gasteiger partial charge in [0.1, 0.15) is 11.5 Å². The molecule has 33 heavy (non-hydrogen) atoms. The Labute approximate surface area is 193 Å². The summed E-state index contributed by atoms with van der Waals surface area (Å²) in [5.41, 5.74) is 1.26. The molecule has 1 fully saturated rings. The number of benzene rings is 2. The third kappa shape index (κ3) is 5.28. The number of anilines is 1. The molecule has 2 aliphatic heterocycles. The van der Waals surface area contributed by atoms with Gasteiger partial charge >= 0.3 is 0 Å². The first-order chi connectivity index (χ1) is 15.9. The second-order valence-corrected chi connectivity index (χ2v) is 9.93. The molecule has 0 bridgehead atoms. The number of nitrogens with one attached hydrogen (secondary N) is 2. The normalized spacial score (nSPS) is 18.6. The molecule has 0 aliphatic carbocycles. The summed E-state index contributed by atoms with van der Waals surface area (Å²) in [6.07, 6.45) is 1.21. The molecule has 2 aromatic carbocycles. The summed E-state index contributed by atoms with van der Waals surface area (Å²) in [5, 5.41) is 5.54. The van der Waals surface area contributed by atoms with E-state index in [1.54, 1.807) is 0 Å². The molecule has 2 heterocycles. The molecule has 2 amide bonds. The summed E-state index contributed by atoms with van der Waals surface area (Å²) < 4.78 is 38.5. The number of nitrogens with zero attached hydrogens (tertiary/aromatic N) is 1. The highest BCUT2D eigenvalue weighted by Crippen LogP contribution is 2.32. The fourth-order valence-corrected chi connectivity index (χ4v) is 5.50. The van der Waals surface area contributed by atoms with Gasteiger partial charge in [-0.2, -0.15) is 4.31 Å². The summed E-state index contributed by atoms with van der Waals surface area (Å²) in [7, 11) is -3.82. The van der Waals surface area contributed by atoms with Gasteiger partial charge in [0.2, 0.25) is 15.9 Å². The summed E-state index contributed by atoms with van der Waals surface area (Å²) in [4.78, 5) is 24.4. The van der Waals surface area contributed by atoms with E-state index in [1.165, 1.54) is 22.5 Å². The zero-order valence-electron chi connectivity index (χ0n) is 18.4. The Morgan fingerprint density at radius 2 is 2.03 bits per heavy atom. The van der Waals surface area contributed by atoms with Crippen LogP contribution in [0.1, 0.15) is 25.3 Å². The molecule has 1 saturated heterocycles. The second kappa shape index (κ2) is 9.80. The number of piperidine rings is 1. The summed E-state index contributed by atoms with van der Waals surface area (Å²) in [5.74, 6) is 0.263. The van der Waals surface area contributed by atoms with Gasteiger partial charge in [-0.3, -0.25) is 9.59 Å². The van der Waals surface area contributed by atoms with Crippen molar-refractivity contribution in [1.82, 2.24) is 9.62 Å². The van der Waals surface area contributed by atoms with Gasteiger partial charge in [-0.25, -0.2) is 8.42 Å². The molecule has 0 saturated carbocycles. The molecule has 2 aliphatic rings. The molecule has 1 unspecified atom stereocenters. The van der Waals surface area contributed by atoms with Crippen molar-refractivity contribution in [3.63, 3.8) is 0 Å². The fraction of sp³-hybridized carbons (Fsp3) is 0.391. The topological polar surface area (TPSA) is 114 Å². The molecule has 2 N–H and O–H groups in total. The Hall–Kier alpha value is -3.11. The molecule has 4 rings (SSSR count). The van der Waals surface area contributed by atoms with E-state index in [4.69, 9.17) is 9.47 Å². The first-order valence-corrected chi connectivity index (χ1v) is 12.4. The zero-order valence-corrected chi connectivity index (χ0v) is 19.2. The lowest BCUT2D eigenvalue weighted by Gasteiger charge is -2.31. The van der Waals surface area contributed by atoms with Crippen molar-refractivity contribution in [2.24, 2.45) is 5.92 Å². The van der Waals surface area contributed by atoms with Crippen LogP contribution in [0.3, 0.4) is 0 Å². The maximum absolute atomic E-state index is 13.2. The lowest BCUT2D eigenvalue weighted by atomic mass is 9.99. The lowest BCUT2D eigenvalue weighted by Crippen LogP contribution is -2.45. The van der Waals surface area contributed by atoms with Crippen LogP contribution in [0.5, 0.6) is 11.5 Å². The highest BCUT2D eigenvalue weighted by molar-refractivity contribution is 7.89. The van der Waals surface area contributed by atoms with Gasteiger partial charge in [-0.05, 0) is 55.7 Å². The minimum Gasteiger partial charge on any atom is -0.494 e. The summed E-state index contributed by atoms with van der Waals surface area (Å²) >= 11 is 0. The Morgan fingerprint density at radius 3 is 2.79 bits per heavy atom. The van der Waals surface area contributed by atoms with Crippen LogP contribution in [0.4, 0.5) is 5.69 Å². The smallest absolute Gasteiger partial charge is 0.262 e. The Bertz CT molecular complexity index is 1130. The van der Waals surface area contributed by atoms with E-state index < -0.39 is 15.9 Å². The van der Waals surface area contributed by atoms with Crippen LogP contribution in [-0.2, 0) is 26.2 Å². The number of amides is 2. The third-order valence-corrected chi connectivity index (χ3v) is 7.54. The standard InChI is InChI=1S/C23H27N3O6S/c1-2-31-18-7-5-16(6-8-18)13-24-23(28)17-4-3-11-26(14-17)33(29,30)19-9-10-21-20(12-19)25-22(27)15-32-21/h5-10,12,17H,2-4,11,13-15H2,1H3,(H,24,28)(H,25,27). The molecule has 1 atom stereocenters. The van der Waals surface area contributed by atoms with Crippen molar-refractivity contribution in [2.45, 2.75) is 31.2 Å². The number of rotatable bonds is 7.